The molecule has 1 aromatic heterocycles. The molecule has 1 amide bonds. The lowest BCUT2D eigenvalue weighted by molar-refractivity contribution is 0.0896. The largest absolute Gasteiger partial charge is 0.345 e. The standard InChI is InChI=1S/C12H16Br2N2O/c1-3-12(2,6-7-13)16-11(17)10-9(14)5-4-8-15-10/h4-5,8H,3,6-7H2,1-2H3,(H,16,17). The second kappa shape index (κ2) is 6.50. The van der Waals surface area contributed by atoms with Gasteiger partial charge in [-0.1, -0.05) is 22.9 Å². The van der Waals surface area contributed by atoms with Crippen molar-refractivity contribution in [1.29, 1.82) is 0 Å². The minimum Gasteiger partial charge on any atom is -0.345 e. The third-order valence-corrected chi connectivity index (χ3v) is 3.85. The zero-order valence-corrected chi connectivity index (χ0v) is 13.1. The lowest BCUT2D eigenvalue weighted by Gasteiger charge is -2.29. The highest BCUT2D eigenvalue weighted by molar-refractivity contribution is 9.10. The number of carbonyl (C=O) groups excluding carboxylic acids is 1. The predicted octanol–water partition coefficient (Wildman–Crippen LogP) is 3.53. The van der Waals surface area contributed by atoms with Crippen molar-refractivity contribution in [2.45, 2.75) is 32.2 Å². The van der Waals surface area contributed by atoms with Crippen molar-refractivity contribution in [3.05, 3.63) is 28.5 Å². The van der Waals surface area contributed by atoms with Gasteiger partial charge < -0.3 is 5.32 Å². The molecule has 3 nitrogen and oxygen atoms in total. The minimum absolute atomic E-state index is 0.136. The van der Waals surface area contributed by atoms with E-state index in [0.717, 1.165) is 22.6 Å². The highest BCUT2D eigenvalue weighted by Gasteiger charge is 2.25. The molecule has 1 rings (SSSR count). The first-order valence-corrected chi connectivity index (χ1v) is 7.43. The number of aromatic nitrogens is 1. The molecule has 1 N–H and O–H groups in total. The summed E-state index contributed by atoms with van der Waals surface area (Å²) in [6, 6.07) is 3.61. The van der Waals surface area contributed by atoms with E-state index in [1.807, 2.05) is 13.0 Å². The zero-order chi connectivity index (χ0) is 12.9. The molecule has 1 aromatic rings. The molecule has 1 unspecified atom stereocenters. The zero-order valence-electron chi connectivity index (χ0n) is 9.96. The van der Waals surface area contributed by atoms with Gasteiger partial charge in [-0.3, -0.25) is 4.79 Å². The number of alkyl halides is 1. The number of halogens is 2. The third-order valence-electron chi connectivity index (χ3n) is 2.82. The molecule has 0 saturated heterocycles. The minimum atomic E-state index is -0.197. The van der Waals surface area contributed by atoms with E-state index in [0.29, 0.717) is 5.69 Å². The maximum Gasteiger partial charge on any atom is 0.271 e. The van der Waals surface area contributed by atoms with Crippen LogP contribution in [0.2, 0.25) is 0 Å². The van der Waals surface area contributed by atoms with Gasteiger partial charge in [-0.2, -0.15) is 0 Å². The van der Waals surface area contributed by atoms with Gasteiger partial charge >= 0.3 is 0 Å². The average Bonchev–Trinajstić information content (AvgIpc) is 2.29. The van der Waals surface area contributed by atoms with Gasteiger partial charge in [-0.15, -0.1) is 0 Å². The highest BCUT2D eigenvalue weighted by atomic mass is 79.9. The van der Waals surface area contributed by atoms with Crippen LogP contribution >= 0.6 is 31.9 Å². The first-order valence-electron chi connectivity index (χ1n) is 5.51. The van der Waals surface area contributed by atoms with Gasteiger partial charge in [0.1, 0.15) is 5.69 Å². The average molecular weight is 364 g/mol. The molecule has 94 valence electrons. The molecule has 17 heavy (non-hydrogen) atoms. The van der Waals surface area contributed by atoms with Crippen molar-refractivity contribution < 1.29 is 4.79 Å². The Balaban J connectivity index is 2.82. The number of nitrogens with one attached hydrogen (secondary N) is 1. The van der Waals surface area contributed by atoms with Crippen LogP contribution in [0.15, 0.2) is 22.8 Å². The van der Waals surface area contributed by atoms with Crippen molar-refractivity contribution in [2.24, 2.45) is 0 Å². The van der Waals surface area contributed by atoms with E-state index >= 15 is 0 Å². The maximum absolute atomic E-state index is 12.1. The fourth-order valence-corrected chi connectivity index (χ4v) is 2.73. The van der Waals surface area contributed by atoms with E-state index < -0.39 is 0 Å². The Morgan fingerprint density at radius 3 is 2.82 bits per heavy atom. The summed E-state index contributed by atoms with van der Waals surface area (Å²) in [4.78, 5) is 16.2. The van der Waals surface area contributed by atoms with Crippen molar-refractivity contribution in [1.82, 2.24) is 10.3 Å². The van der Waals surface area contributed by atoms with Gasteiger partial charge in [0.25, 0.3) is 5.91 Å². The van der Waals surface area contributed by atoms with Crippen LogP contribution in [0.25, 0.3) is 0 Å². The summed E-state index contributed by atoms with van der Waals surface area (Å²) < 4.78 is 0.717. The molecule has 1 atom stereocenters. The summed E-state index contributed by atoms with van der Waals surface area (Å²) in [6.07, 6.45) is 3.39. The van der Waals surface area contributed by atoms with Gasteiger partial charge in [0.2, 0.25) is 0 Å². The van der Waals surface area contributed by atoms with Crippen LogP contribution in [-0.2, 0) is 0 Å². The van der Waals surface area contributed by atoms with E-state index in [1.165, 1.54) is 0 Å². The van der Waals surface area contributed by atoms with Gasteiger partial charge in [0.05, 0.1) is 0 Å². The number of rotatable bonds is 5. The lowest BCUT2D eigenvalue weighted by atomic mass is 9.95. The van der Waals surface area contributed by atoms with Gasteiger partial charge in [0, 0.05) is 21.5 Å². The molecule has 0 aliphatic rings. The lowest BCUT2D eigenvalue weighted by Crippen LogP contribution is -2.46. The second-order valence-electron chi connectivity index (χ2n) is 4.14. The van der Waals surface area contributed by atoms with E-state index in [2.05, 4.69) is 49.1 Å². The number of nitrogens with zero attached hydrogens (tertiary/aromatic N) is 1. The van der Waals surface area contributed by atoms with Crippen molar-refractivity contribution >= 4 is 37.8 Å². The van der Waals surface area contributed by atoms with Crippen LogP contribution in [0.1, 0.15) is 37.2 Å². The van der Waals surface area contributed by atoms with Gasteiger partial charge in [-0.25, -0.2) is 4.98 Å². The molecule has 0 saturated carbocycles. The summed E-state index contributed by atoms with van der Waals surface area (Å²) in [5.74, 6) is -0.136. The van der Waals surface area contributed by atoms with E-state index in [-0.39, 0.29) is 11.4 Å². The molecule has 0 fully saturated rings. The first-order chi connectivity index (χ1) is 8.02. The molecule has 1 heterocycles. The van der Waals surface area contributed by atoms with E-state index in [9.17, 15) is 4.79 Å². The Kier molecular flexibility index (Phi) is 5.59. The normalized spacial score (nSPS) is 14.1. The number of hydrogen-bond donors (Lipinski definition) is 1. The van der Waals surface area contributed by atoms with Crippen LogP contribution in [0, 0.1) is 0 Å². The topological polar surface area (TPSA) is 42.0 Å². The summed E-state index contributed by atoms with van der Waals surface area (Å²) in [5, 5.41) is 3.90. The van der Waals surface area contributed by atoms with E-state index in [1.54, 1.807) is 12.3 Å². The van der Waals surface area contributed by atoms with Crippen molar-refractivity contribution in [3.8, 4) is 0 Å². The van der Waals surface area contributed by atoms with Crippen LogP contribution in [0.5, 0.6) is 0 Å². The van der Waals surface area contributed by atoms with Crippen molar-refractivity contribution in [2.75, 3.05) is 5.33 Å². The summed E-state index contributed by atoms with van der Waals surface area (Å²) in [6.45, 7) is 4.11. The summed E-state index contributed by atoms with van der Waals surface area (Å²) in [5.41, 5.74) is 0.235. The van der Waals surface area contributed by atoms with E-state index in [4.69, 9.17) is 0 Å². The van der Waals surface area contributed by atoms with Crippen LogP contribution < -0.4 is 5.32 Å². The molecule has 0 spiro atoms. The molecular formula is C12H16Br2N2O. The highest BCUT2D eigenvalue weighted by Crippen LogP contribution is 2.19. The third kappa shape index (κ3) is 4.07. The van der Waals surface area contributed by atoms with Crippen molar-refractivity contribution in [3.63, 3.8) is 0 Å². The predicted molar refractivity (Wildman–Crippen MR) is 76.5 cm³/mol. The fraction of sp³-hybridized carbons (Fsp3) is 0.500. The number of carbonyl (C=O) groups is 1. The molecule has 0 aromatic carbocycles. The summed E-state index contributed by atoms with van der Waals surface area (Å²) in [7, 11) is 0. The molecule has 0 radical (unpaired) electrons. The molecule has 0 bridgehead atoms. The van der Waals surface area contributed by atoms with Crippen LogP contribution in [0.3, 0.4) is 0 Å². The monoisotopic (exact) mass is 362 g/mol. The van der Waals surface area contributed by atoms with Gasteiger partial charge in [-0.05, 0) is 47.8 Å². The van der Waals surface area contributed by atoms with Crippen LogP contribution in [0.4, 0.5) is 0 Å². The smallest absolute Gasteiger partial charge is 0.271 e. The Morgan fingerprint density at radius 2 is 2.29 bits per heavy atom. The summed E-state index contributed by atoms with van der Waals surface area (Å²) >= 11 is 6.74. The second-order valence-corrected chi connectivity index (χ2v) is 5.79. The Hall–Kier alpha value is -0.420. The SMILES string of the molecule is CCC(C)(CCBr)NC(=O)c1ncccc1Br. The molecule has 0 aliphatic carbocycles. The number of pyridine rings is 1. The molecule has 0 aliphatic heterocycles. The fourth-order valence-electron chi connectivity index (χ4n) is 1.42. The first kappa shape index (κ1) is 14.6. The molecule has 5 heteroatoms. The Labute approximate surface area is 119 Å². The maximum atomic E-state index is 12.1. The Morgan fingerprint density at radius 1 is 1.59 bits per heavy atom. The van der Waals surface area contributed by atoms with Crippen LogP contribution in [-0.4, -0.2) is 21.8 Å². The number of hydrogen-bond acceptors (Lipinski definition) is 2. The quantitative estimate of drug-likeness (QED) is 0.813. The Bertz CT molecular complexity index is 398. The number of amides is 1. The molecular weight excluding hydrogens is 348 g/mol. The van der Waals surface area contributed by atoms with Gasteiger partial charge in [0.15, 0.2) is 0 Å².